The molecule has 1 amide bonds. The number of carbonyl (C=O) groups excluding carboxylic acids is 1. The van der Waals surface area contributed by atoms with Gasteiger partial charge in [0.15, 0.2) is 0 Å². The van der Waals surface area contributed by atoms with Gasteiger partial charge in [0, 0.05) is 29.3 Å². The van der Waals surface area contributed by atoms with Crippen molar-refractivity contribution in [2.24, 2.45) is 0 Å². The van der Waals surface area contributed by atoms with Gasteiger partial charge in [0.05, 0.1) is 16.4 Å². The minimum Gasteiger partial charge on any atom is -0.505 e. The Balaban J connectivity index is 2.26. The number of benzene rings is 2. The first kappa shape index (κ1) is 19.6. The fraction of sp³-hybridized carbons (Fsp3) is 0.200. The smallest absolute Gasteiger partial charge is 0.279 e. The van der Waals surface area contributed by atoms with Crippen molar-refractivity contribution in [3.8, 4) is 5.75 Å². The van der Waals surface area contributed by atoms with Crippen molar-refractivity contribution >= 4 is 34.1 Å². The molecule has 0 aliphatic carbocycles. The summed E-state index contributed by atoms with van der Waals surface area (Å²) in [5.41, 5.74) is 0.565. The lowest BCUT2D eigenvalue weighted by molar-refractivity contribution is -0.383. The summed E-state index contributed by atoms with van der Waals surface area (Å²) < 4.78 is 0. The lowest BCUT2D eigenvalue weighted by Gasteiger charge is -2.22. The van der Waals surface area contributed by atoms with Gasteiger partial charge in [-0.3, -0.25) is 19.9 Å². The van der Waals surface area contributed by atoms with Crippen LogP contribution >= 0.6 is 11.6 Å². The molecule has 2 aromatic carbocycles. The van der Waals surface area contributed by atoms with Crippen molar-refractivity contribution in [1.82, 2.24) is 10.3 Å². The number of non-ortho nitro benzene ring substituents is 1. The number of nitrogens with zero attached hydrogens (tertiary/aromatic N) is 2. The number of pyridine rings is 1. The van der Waals surface area contributed by atoms with Gasteiger partial charge < -0.3 is 10.4 Å². The van der Waals surface area contributed by atoms with Gasteiger partial charge in [-0.2, -0.15) is 0 Å². The molecule has 0 radical (unpaired) electrons. The summed E-state index contributed by atoms with van der Waals surface area (Å²) in [6.07, 6.45) is 2.35. The number of nitrogens with one attached hydrogen (secondary N) is 1. The van der Waals surface area contributed by atoms with Gasteiger partial charge in [-0.25, -0.2) is 0 Å². The Morgan fingerprint density at radius 3 is 2.71 bits per heavy atom. The Hall–Kier alpha value is -3.19. The van der Waals surface area contributed by atoms with Crippen molar-refractivity contribution in [3.05, 3.63) is 74.9 Å². The van der Waals surface area contributed by atoms with E-state index in [1.807, 2.05) is 6.92 Å². The Bertz CT molecular complexity index is 1050. The average molecular weight is 400 g/mol. The van der Waals surface area contributed by atoms with Crippen molar-refractivity contribution in [1.29, 1.82) is 0 Å². The van der Waals surface area contributed by atoms with Gasteiger partial charge in [-0.15, -0.1) is 0 Å². The summed E-state index contributed by atoms with van der Waals surface area (Å²) in [5.74, 6) is -0.487. The molecule has 0 bridgehead atoms. The number of hydrogen-bond donors (Lipinski definition) is 2. The molecule has 2 N–H and O–H groups in total. The summed E-state index contributed by atoms with van der Waals surface area (Å²) in [6.45, 7) is 1.87. The fourth-order valence-electron chi connectivity index (χ4n) is 3.09. The second-order valence-corrected chi connectivity index (χ2v) is 6.67. The molecule has 1 atom stereocenters. The number of phenolic OH excluding ortho intramolecular Hbond substituents is 1. The van der Waals surface area contributed by atoms with Crippen LogP contribution in [0.15, 0.2) is 48.7 Å². The summed E-state index contributed by atoms with van der Waals surface area (Å²) in [6, 6.07) is 10.3. The van der Waals surface area contributed by atoms with Crippen molar-refractivity contribution in [2.75, 3.05) is 0 Å². The van der Waals surface area contributed by atoms with E-state index in [0.29, 0.717) is 17.0 Å². The van der Waals surface area contributed by atoms with Crippen LogP contribution in [0.5, 0.6) is 5.75 Å². The van der Waals surface area contributed by atoms with Crippen LogP contribution in [0, 0.1) is 10.1 Å². The molecule has 0 fully saturated rings. The van der Waals surface area contributed by atoms with E-state index in [-0.39, 0.29) is 40.2 Å². The molecule has 0 saturated carbocycles. The van der Waals surface area contributed by atoms with Gasteiger partial charge in [-0.1, -0.05) is 36.7 Å². The number of fused-ring (bicyclic) bond motifs is 1. The summed E-state index contributed by atoms with van der Waals surface area (Å²) in [4.78, 5) is 27.5. The molecular weight excluding hydrogens is 382 g/mol. The number of aromatic nitrogens is 1. The fourth-order valence-corrected chi connectivity index (χ4v) is 3.34. The van der Waals surface area contributed by atoms with Crippen LogP contribution in [0.25, 0.3) is 10.9 Å². The zero-order valence-corrected chi connectivity index (χ0v) is 15.8. The number of halogens is 1. The summed E-state index contributed by atoms with van der Waals surface area (Å²) in [5, 5.41) is 25.9. The molecule has 3 aromatic rings. The summed E-state index contributed by atoms with van der Waals surface area (Å²) in [7, 11) is 0. The first-order chi connectivity index (χ1) is 13.4. The molecule has 0 spiro atoms. The molecule has 0 aliphatic heterocycles. The third kappa shape index (κ3) is 3.75. The van der Waals surface area contributed by atoms with Crippen molar-refractivity contribution in [3.63, 3.8) is 0 Å². The molecule has 0 aliphatic rings. The number of aromatic hydroxyl groups is 1. The Labute approximate surface area is 166 Å². The van der Waals surface area contributed by atoms with Crippen LogP contribution in [0.3, 0.4) is 0 Å². The highest BCUT2D eigenvalue weighted by molar-refractivity contribution is 6.31. The molecule has 144 valence electrons. The highest BCUT2D eigenvalue weighted by atomic mass is 35.5. The topological polar surface area (TPSA) is 105 Å². The third-order valence-electron chi connectivity index (χ3n) is 4.38. The molecule has 3 rings (SSSR count). The highest BCUT2D eigenvalue weighted by Gasteiger charge is 2.27. The van der Waals surface area contributed by atoms with Gasteiger partial charge in [0.1, 0.15) is 11.3 Å². The monoisotopic (exact) mass is 399 g/mol. The summed E-state index contributed by atoms with van der Waals surface area (Å²) >= 11 is 6.32. The Morgan fingerprint density at radius 2 is 2.04 bits per heavy atom. The van der Waals surface area contributed by atoms with Gasteiger partial charge >= 0.3 is 0 Å². The second-order valence-electron chi connectivity index (χ2n) is 6.26. The maximum atomic E-state index is 12.3. The van der Waals surface area contributed by atoms with Crippen LogP contribution in [0.4, 0.5) is 5.69 Å². The van der Waals surface area contributed by atoms with Crippen LogP contribution in [-0.2, 0) is 4.79 Å². The first-order valence-corrected chi connectivity index (χ1v) is 9.10. The van der Waals surface area contributed by atoms with E-state index in [1.54, 1.807) is 30.3 Å². The molecular formula is C20H18ClN3O4. The number of nitro benzene ring substituents is 1. The number of amides is 1. The number of hydrogen-bond acceptors (Lipinski definition) is 5. The van der Waals surface area contributed by atoms with Crippen LogP contribution in [0.2, 0.25) is 5.02 Å². The zero-order valence-electron chi connectivity index (χ0n) is 15.1. The SMILES string of the molecule is CCCC(=O)N[C@H](c1ccccc1Cl)c1cc([N+](=O)[O-])c2cccnc2c1O. The van der Waals surface area contributed by atoms with Crippen molar-refractivity contribution < 1.29 is 14.8 Å². The van der Waals surface area contributed by atoms with E-state index in [9.17, 15) is 20.0 Å². The molecule has 0 unspecified atom stereocenters. The molecule has 8 heteroatoms. The third-order valence-corrected chi connectivity index (χ3v) is 4.72. The van der Waals surface area contributed by atoms with Gasteiger partial charge in [-0.05, 0) is 30.2 Å². The predicted molar refractivity (Wildman–Crippen MR) is 106 cm³/mol. The molecule has 28 heavy (non-hydrogen) atoms. The van der Waals surface area contributed by atoms with Crippen LogP contribution in [0.1, 0.15) is 36.9 Å². The minimum absolute atomic E-state index is 0.0912. The largest absolute Gasteiger partial charge is 0.505 e. The van der Waals surface area contributed by atoms with E-state index >= 15 is 0 Å². The van der Waals surface area contributed by atoms with E-state index < -0.39 is 11.0 Å². The average Bonchev–Trinajstić information content (AvgIpc) is 2.67. The predicted octanol–water partition coefficient (Wildman–Crippen LogP) is 4.51. The molecule has 7 nitrogen and oxygen atoms in total. The number of nitro groups is 1. The van der Waals surface area contributed by atoms with Crippen LogP contribution < -0.4 is 5.32 Å². The number of rotatable bonds is 6. The molecule has 0 saturated heterocycles. The quantitative estimate of drug-likeness (QED) is 0.468. The number of carbonyl (C=O) groups is 1. The lowest BCUT2D eigenvalue weighted by atomic mass is 9.95. The van der Waals surface area contributed by atoms with E-state index in [4.69, 9.17) is 11.6 Å². The maximum absolute atomic E-state index is 12.3. The number of phenols is 1. The van der Waals surface area contributed by atoms with Gasteiger partial charge in [0.2, 0.25) is 5.91 Å². The van der Waals surface area contributed by atoms with Crippen LogP contribution in [-0.4, -0.2) is 20.9 Å². The highest BCUT2D eigenvalue weighted by Crippen LogP contribution is 2.40. The lowest BCUT2D eigenvalue weighted by Crippen LogP contribution is -2.29. The Kier molecular flexibility index (Phi) is 5.75. The molecule has 1 aromatic heterocycles. The van der Waals surface area contributed by atoms with E-state index in [0.717, 1.165) is 0 Å². The molecule has 1 heterocycles. The van der Waals surface area contributed by atoms with E-state index in [1.165, 1.54) is 18.3 Å². The zero-order chi connectivity index (χ0) is 20.3. The minimum atomic E-state index is -0.863. The Morgan fingerprint density at radius 1 is 1.29 bits per heavy atom. The van der Waals surface area contributed by atoms with E-state index in [2.05, 4.69) is 10.3 Å². The van der Waals surface area contributed by atoms with Gasteiger partial charge in [0.25, 0.3) is 5.69 Å². The standard InChI is InChI=1S/C20H18ClN3O4/c1-2-6-17(25)23-18(12-7-3-4-9-15(12)21)14-11-16(24(27)28)13-8-5-10-22-19(13)20(14)26/h3-5,7-11,18,26H,2,6H2,1H3,(H,23,25)/t18-/m1/s1. The second kappa shape index (κ2) is 8.22. The van der Waals surface area contributed by atoms with Crippen molar-refractivity contribution in [2.45, 2.75) is 25.8 Å². The normalized spacial score (nSPS) is 11.9. The first-order valence-electron chi connectivity index (χ1n) is 8.72. The maximum Gasteiger partial charge on any atom is 0.279 e.